The van der Waals surface area contributed by atoms with Crippen molar-refractivity contribution in [2.24, 2.45) is 0 Å². The van der Waals surface area contributed by atoms with Gasteiger partial charge in [-0.3, -0.25) is 0 Å². The zero-order valence-corrected chi connectivity index (χ0v) is 13.0. The van der Waals surface area contributed by atoms with Gasteiger partial charge >= 0.3 is 6.03 Å². The fourth-order valence-corrected chi connectivity index (χ4v) is 2.62. The third-order valence-corrected chi connectivity index (χ3v) is 3.95. The van der Waals surface area contributed by atoms with Crippen molar-refractivity contribution >= 4 is 27.6 Å². The summed E-state index contributed by atoms with van der Waals surface area (Å²) < 4.78 is 19.1. The monoisotopic (exact) mass is 344 g/mol. The lowest BCUT2D eigenvalue weighted by atomic mass is 10.2. The summed E-state index contributed by atoms with van der Waals surface area (Å²) in [5, 5.41) is 2.78. The second-order valence-electron chi connectivity index (χ2n) is 4.73. The summed E-state index contributed by atoms with van der Waals surface area (Å²) in [4.78, 5) is 13.9. The molecule has 1 aromatic carbocycles. The van der Waals surface area contributed by atoms with Gasteiger partial charge in [0.1, 0.15) is 5.82 Å². The maximum absolute atomic E-state index is 13.0. The molecule has 0 radical (unpaired) electrons. The molecule has 0 aliphatic carbocycles. The molecule has 1 aromatic rings. The van der Waals surface area contributed by atoms with Gasteiger partial charge in [0.15, 0.2) is 0 Å². The lowest BCUT2D eigenvalue weighted by Crippen LogP contribution is -2.40. The highest BCUT2D eigenvalue weighted by Gasteiger charge is 2.21. The fraction of sp³-hybridized carbons (Fsp3) is 0.500. The molecular formula is C14H18BrFN2O2. The van der Waals surface area contributed by atoms with E-state index in [-0.39, 0.29) is 18.0 Å². The van der Waals surface area contributed by atoms with Crippen LogP contribution in [0.4, 0.5) is 14.9 Å². The Morgan fingerprint density at radius 3 is 3.00 bits per heavy atom. The van der Waals surface area contributed by atoms with Gasteiger partial charge in [0, 0.05) is 24.2 Å². The van der Waals surface area contributed by atoms with Crippen molar-refractivity contribution in [1.82, 2.24) is 4.90 Å². The maximum atomic E-state index is 13.0. The predicted octanol–water partition coefficient (Wildman–Crippen LogP) is 3.62. The minimum atomic E-state index is -0.346. The van der Waals surface area contributed by atoms with Gasteiger partial charge in [-0.25, -0.2) is 9.18 Å². The minimum Gasteiger partial charge on any atom is -0.376 e. The van der Waals surface area contributed by atoms with Crippen LogP contribution in [-0.4, -0.2) is 36.7 Å². The molecule has 0 bridgehead atoms. The number of rotatable bonds is 4. The van der Waals surface area contributed by atoms with E-state index in [2.05, 4.69) is 21.2 Å². The van der Waals surface area contributed by atoms with E-state index < -0.39 is 0 Å². The number of urea groups is 1. The Bertz CT molecular complexity index is 478. The van der Waals surface area contributed by atoms with E-state index in [0.29, 0.717) is 23.2 Å². The van der Waals surface area contributed by atoms with E-state index >= 15 is 0 Å². The van der Waals surface area contributed by atoms with Crippen molar-refractivity contribution in [2.45, 2.75) is 25.9 Å². The zero-order valence-electron chi connectivity index (χ0n) is 11.4. The average molecular weight is 345 g/mol. The average Bonchev–Trinajstić information content (AvgIpc) is 2.92. The molecule has 1 unspecified atom stereocenters. The molecule has 4 nitrogen and oxygen atoms in total. The molecule has 1 N–H and O–H groups in total. The summed E-state index contributed by atoms with van der Waals surface area (Å²) in [5.41, 5.74) is 0.558. The van der Waals surface area contributed by atoms with E-state index in [1.807, 2.05) is 6.92 Å². The van der Waals surface area contributed by atoms with Gasteiger partial charge < -0.3 is 15.0 Å². The largest absolute Gasteiger partial charge is 0.376 e. The normalized spacial score (nSPS) is 18.1. The molecule has 2 rings (SSSR count). The maximum Gasteiger partial charge on any atom is 0.321 e. The van der Waals surface area contributed by atoms with Crippen LogP contribution in [0.5, 0.6) is 0 Å². The molecule has 1 aliphatic heterocycles. The number of anilines is 1. The lowest BCUT2D eigenvalue weighted by molar-refractivity contribution is 0.0849. The second kappa shape index (κ2) is 7.04. The van der Waals surface area contributed by atoms with E-state index in [9.17, 15) is 9.18 Å². The molecule has 1 saturated heterocycles. The highest BCUT2D eigenvalue weighted by molar-refractivity contribution is 9.10. The van der Waals surface area contributed by atoms with Gasteiger partial charge in [0.25, 0.3) is 0 Å². The number of nitrogens with zero attached hydrogens (tertiary/aromatic N) is 1. The summed E-state index contributed by atoms with van der Waals surface area (Å²) in [7, 11) is 0. The van der Waals surface area contributed by atoms with Gasteiger partial charge in [-0.15, -0.1) is 0 Å². The summed E-state index contributed by atoms with van der Waals surface area (Å²) >= 11 is 3.24. The predicted molar refractivity (Wildman–Crippen MR) is 79.3 cm³/mol. The smallest absolute Gasteiger partial charge is 0.321 e. The van der Waals surface area contributed by atoms with E-state index in [4.69, 9.17) is 4.74 Å². The Balaban J connectivity index is 1.97. The Hall–Kier alpha value is -1.14. The molecule has 0 aromatic heterocycles. The third kappa shape index (κ3) is 3.93. The Labute approximate surface area is 126 Å². The fourth-order valence-electron chi connectivity index (χ4n) is 2.17. The topological polar surface area (TPSA) is 41.6 Å². The number of hydrogen-bond acceptors (Lipinski definition) is 2. The van der Waals surface area contributed by atoms with Crippen LogP contribution in [0.15, 0.2) is 22.7 Å². The number of likely N-dealkylation sites (N-methyl/N-ethyl adjacent to an activating group) is 1. The first-order valence-corrected chi connectivity index (χ1v) is 7.52. The highest BCUT2D eigenvalue weighted by Crippen LogP contribution is 2.23. The summed E-state index contributed by atoms with van der Waals surface area (Å²) in [5.74, 6) is -0.346. The molecule has 0 saturated carbocycles. The van der Waals surface area contributed by atoms with E-state index in [1.54, 1.807) is 4.90 Å². The highest BCUT2D eigenvalue weighted by atomic mass is 79.9. The molecule has 1 fully saturated rings. The van der Waals surface area contributed by atoms with Crippen molar-refractivity contribution in [3.8, 4) is 0 Å². The zero-order chi connectivity index (χ0) is 14.5. The number of amides is 2. The number of nitrogens with one attached hydrogen (secondary N) is 1. The second-order valence-corrected chi connectivity index (χ2v) is 5.58. The third-order valence-electron chi connectivity index (χ3n) is 3.29. The Morgan fingerprint density at radius 1 is 1.60 bits per heavy atom. The first-order valence-electron chi connectivity index (χ1n) is 6.72. The number of carbonyl (C=O) groups excluding carboxylic acids is 1. The summed E-state index contributed by atoms with van der Waals surface area (Å²) in [6.45, 7) is 3.88. The van der Waals surface area contributed by atoms with Gasteiger partial charge in [0.05, 0.1) is 11.8 Å². The van der Waals surface area contributed by atoms with Crippen LogP contribution in [0.2, 0.25) is 0 Å². The first-order chi connectivity index (χ1) is 9.60. The van der Waals surface area contributed by atoms with E-state index in [0.717, 1.165) is 19.4 Å². The number of hydrogen-bond donors (Lipinski definition) is 1. The first kappa shape index (κ1) is 15.3. The number of ether oxygens (including phenoxy) is 1. The Kier molecular flexibility index (Phi) is 5.37. The van der Waals surface area contributed by atoms with Crippen LogP contribution in [0.1, 0.15) is 19.8 Å². The van der Waals surface area contributed by atoms with Crippen molar-refractivity contribution in [2.75, 3.05) is 25.0 Å². The molecule has 0 spiro atoms. The van der Waals surface area contributed by atoms with Gasteiger partial charge in [-0.2, -0.15) is 0 Å². The van der Waals surface area contributed by atoms with Gasteiger partial charge in [0.2, 0.25) is 0 Å². The van der Waals surface area contributed by atoms with Crippen molar-refractivity contribution in [3.05, 3.63) is 28.5 Å². The number of halogens is 2. The van der Waals surface area contributed by atoms with Crippen molar-refractivity contribution in [1.29, 1.82) is 0 Å². The van der Waals surface area contributed by atoms with Gasteiger partial charge in [-0.1, -0.05) is 0 Å². The van der Waals surface area contributed by atoms with Crippen molar-refractivity contribution < 1.29 is 13.9 Å². The molecule has 6 heteroatoms. The van der Waals surface area contributed by atoms with E-state index in [1.165, 1.54) is 18.2 Å². The molecular weight excluding hydrogens is 327 g/mol. The standard InChI is InChI=1S/C14H18BrFN2O2/c1-2-18(9-11-4-3-7-20-11)14(19)17-13-6-5-10(16)8-12(13)15/h5-6,8,11H,2-4,7,9H2,1H3,(H,17,19). The van der Waals surface area contributed by atoms with Crippen LogP contribution in [0.25, 0.3) is 0 Å². The number of benzene rings is 1. The quantitative estimate of drug-likeness (QED) is 0.906. The molecule has 2 amide bonds. The van der Waals surface area contributed by atoms with Crippen LogP contribution < -0.4 is 5.32 Å². The molecule has 1 heterocycles. The number of carbonyl (C=O) groups is 1. The van der Waals surface area contributed by atoms with Crippen LogP contribution in [-0.2, 0) is 4.74 Å². The van der Waals surface area contributed by atoms with Crippen LogP contribution in [0, 0.1) is 5.82 Å². The lowest BCUT2D eigenvalue weighted by Gasteiger charge is -2.24. The van der Waals surface area contributed by atoms with Crippen LogP contribution >= 0.6 is 15.9 Å². The Morgan fingerprint density at radius 2 is 2.40 bits per heavy atom. The van der Waals surface area contributed by atoms with Gasteiger partial charge in [-0.05, 0) is 53.9 Å². The van der Waals surface area contributed by atoms with Crippen molar-refractivity contribution in [3.63, 3.8) is 0 Å². The summed E-state index contributed by atoms with van der Waals surface area (Å²) in [6, 6.07) is 3.98. The SMILES string of the molecule is CCN(CC1CCCO1)C(=O)Nc1ccc(F)cc1Br. The molecule has 1 aliphatic rings. The molecule has 20 heavy (non-hydrogen) atoms. The molecule has 1 atom stereocenters. The molecule has 110 valence electrons. The summed E-state index contributed by atoms with van der Waals surface area (Å²) in [6.07, 6.45) is 2.16. The minimum absolute atomic E-state index is 0.123. The van der Waals surface area contributed by atoms with Crippen LogP contribution in [0.3, 0.4) is 0 Å².